The molecular weight excluding hydrogens is 274 g/mol. The Hall–Kier alpha value is -1.63. The zero-order valence-corrected chi connectivity index (χ0v) is 13.1. The van der Waals surface area contributed by atoms with E-state index < -0.39 is 12.0 Å². The highest BCUT2D eigenvalue weighted by molar-refractivity contribution is 5.94. The smallest absolute Gasteiger partial charge is 0.321 e. The van der Waals surface area contributed by atoms with E-state index in [-0.39, 0.29) is 24.8 Å². The average Bonchev–Trinajstić information content (AvgIpc) is 2.40. The SMILES string of the molecule is CCN(CC)CC(C)NC(=O)NC(=O)CCCCC(=O)O. The topological polar surface area (TPSA) is 98.7 Å². The summed E-state index contributed by atoms with van der Waals surface area (Å²) in [4.78, 5) is 35.6. The first-order valence-corrected chi connectivity index (χ1v) is 7.43. The van der Waals surface area contributed by atoms with Crippen LogP contribution in [0, 0.1) is 0 Å². The summed E-state index contributed by atoms with van der Waals surface area (Å²) in [5.41, 5.74) is 0. The fourth-order valence-electron chi connectivity index (χ4n) is 1.93. The molecule has 1 unspecified atom stereocenters. The van der Waals surface area contributed by atoms with Crippen LogP contribution in [0.4, 0.5) is 4.79 Å². The Morgan fingerprint density at radius 3 is 2.19 bits per heavy atom. The lowest BCUT2D eigenvalue weighted by molar-refractivity contribution is -0.137. The number of carbonyl (C=O) groups excluding carboxylic acids is 2. The minimum Gasteiger partial charge on any atom is -0.481 e. The Balaban J connectivity index is 3.86. The second-order valence-corrected chi connectivity index (χ2v) is 5.01. The van der Waals surface area contributed by atoms with Crippen molar-refractivity contribution in [3.63, 3.8) is 0 Å². The van der Waals surface area contributed by atoms with Crippen LogP contribution < -0.4 is 10.6 Å². The number of unbranched alkanes of at least 4 members (excludes halogenated alkanes) is 1. The Morgan fingerprint density at radius 2 is 1.67 bits per heavy atom. The van der Waals surface area contributed by atoms with Crippen molar-refractivity contribution in [2.75, 3.05) is 19.6 Å². The molecule has 0 aromatic heterocycles. The first-order valence-electron chi connectivity index (χ1n) is 7.43. The van der Waals surface area contributed by atoms with E-state index in [2.05, 4.69) is 29.4 Å². The van der Waals surface area contributed by atoms with Crippen molar-refractivity contribution < 1.29 is 19.5 Å². The predicted molar refractivity (Wildman–Crippen MR) is 80.0 cm³/mol. The Labute approximate surface area is 126 Å². The number of aliphatic carboxylic acids is 1. The largest absolute Gasteiger partial charge is 0.481 e. The molecule has 0 spiro atoms. The molecule has 7 nitrogen and oxygen atoms in total. The lowest BCUT2D eigenvalue weighted by Crippen LogP contribution is -2.47. The van der Waals surface area contributed by atoms with Crippen molar-refractivity contribution in [1.29, 1.82) is 0 Å². The van der Waals surface area contributed by atoms with Gasteiger partial charge >= 0.3 is 12.0 Å². The van der Waals surface area contributed by atoms with Crippen molar-refractivity contribution >= 4 is 17.9 Å². The maximum Gasteiger partial charge on any atom is 0.321 e. The molecular formula is C14H27N3O4. The van der Waals surface area contributed by atoms with Crippen LogP contribution >= 0.6 is 0 Å². The Kier molecular flexibility index (Phi) is 10.2. The maximum atomic E-state index is 11.6. The van der Waals surface area contributed by atoms with Gasteiger partial charge in [-0.15, -0.1) is 0 Å². The minimum atomic E-state index is -0.877. The first-order chi connectivity index (χ1) is 9.88. The van der Waals surface area contributed by atoms with E-state index in [1.807, 2.05) is 6.92 Å². The van der Waals surface area contributed by atoms with Crippen LogP contribution in [0.3, 0.4) is 0 Å². The van der Waals surface area contributed by atoms with E-state index in [9.17, 15) is 14.4 Å². The molecule has 21 heavy (non-hydrogen) atoms. The molecule has 3 N–H and O–H groups in total. The number of carbonyl (C=O) groups is 3. The van der Waals surface area contributed by atoms with Gasteiger partial charge in [-0.3, -0.25) is 14.9 Å². The summed E-state index contributed by atoms with van der Waals surface area (Å²) in [5, 5.41) is 13.4. The van der Waals surface area contributed by atoms with Gasteiger partial charge in [-0.25, -0.2) is 4.79 Å². The van der Waals surface area contributed by atoms with Gasteiger partial charge in [0.2, 0.25) is 5.91 Å². The molecule has 0 aromatic rings. The fourth-order valence-corrected chi connectivity index (χ4v) is 1.93. The molecule has 122 valence electrons. The second kappa shape index (κ2) is 11.1. The summed E-state index contributed by atoms with van der Waals surface area (Å²) in [7, 11) is 0. The van der Waals surface area contributed by atoms with Gasteiger partial charge < -0.3 is 15.3 Å². The number of carboxylic acids is 1. The minimum absolute atomic E-state index is 0.0420. The summed E-state index contributed by atoms with van der Waals surface area (Å²) in [6.45, 7) is 8.54. The van der Waals surface area contributed by atoms with E-state index in [1.165, 1.54) is 0 Å². The first kappa shape index (κ1) is 19.4. The lowest BCUT2D eigenvalue weighted by atomic mass is 10.2. The van der Waals surface area contributed by atoms with Gasteiger partial charge in [-0.2, -0.15) is 0 Å². The molecule has 0 fully saturated rings. The molecule has 7 heteroatoms. The van der Waals surface area contributed by atoms with Crippen LogP contribution in [-0.4, -0.2) is 53.6 Å². The zero-order valence-electron chi connectivity index (χ0n) is 13.1. The molecule has 0 bridgehead atoms. The molecule has 0 aliphatic carbocycles. The van der Waals surface area contributed by atoms with Crippen molar-refractivity contribution in [2.45, 2.75) is 52.5 Å². The summed E-state index contributed by atoms with van der Waals surface area (Å²) in [6.07, 6.45) is 1.09. The molecule has 0 radical (unpaired) electrons. The number of amides is 3. The molecule has 0 aliphatic heterocycles. The van der Waals surface area contributed by atoms with Crippen molar-refractivity contribution in [2.24, 2.45) is 0 Å². The summed E-state index contributed by atoms with van der Waals surface area (Å²) in [5.74, 6) is -1.26. The van der Waals surface area contributed by atoms with Crippen LogP contribution in [0.15, 0.2) is 0 Å². The summed E-state index contributed by atoms with van der Waals surface area (Å²) >= 11 is 0. The van der Waals surface area contributed by atoms with Gasteiger partial charge in [0.1, 0.15) is 0 Å². The van der Waals surface area contributed by atoms with E-state index in [1.54, 1.807) is 0 Å². The van der Waals surface area contributed by atoms with Crippen LogP contribution in [0.25, 0.3) is 0 Å². The van der Waals surface area contributed by atoms with Crippen LogP contribution in [0.1, 0.15) is 46.5 Å². The number of hydrogen-bond donors (Lipinski definition) is 3. The summed E-state index contributed by atoms with van der Waals surface area (Å²) < 4.78 is 0. The van der Waals surface area contributed by atoms with Gasteiger partial charge in [0.15, 0.2) is 0 Å². The quantitative estimate of drug-likeness (QED) is 0.526. The number of rotatable bonds is 10. The van der Waals surface area contributed by atoms with Crippen LogP contribution in [0.2, 0.25) is 0 Å². The van der Waals surface area contributed by atoms with Crippen molar-refractivity contribution in [1.82, 2.24) is 15.5 Å². The highest BCUT2D eigenvalue weighted by atomic mass is 16.4. The Morgan fingerprint density at radius 1 is 1.10 bits per heavy atom. The third-order valence-electron chi connectivity index (χ3n) is 3.10. The van der Waals surface area contributed by atoms with Gasteiger partial charge in [0.05, 0.1) is 0 Å². The van der Waals surface area contributed by atoms with Gasteiger partial charge in [0, 0.05) is 25.4 Å². The lowest BCUT2D eigenvalue weighted by Gasteiger charge is -2.23. The number of nitrogens with zero attached hydrogens (tertiary/aromatic N) is 1. The van der Waals surface area contributed by atoms with E-state index >= 15 is 0 Å². The second-order valence-electron chi connectivity index (χ2n) is 5.01. The van der Waals surface area contributed by atoms with Gasteiger partial charge in [0.25, 0.3) is 0 Å². The van der Waals surface area contributed by atoms with Gasteiger partial charge in [-0.1, -0.05) is 13.8 Å². The number of urea groups is 1. The standard InChI is InChI=1S/C14H27N3O4/c1-4-17(5-2)10-11(3)15-14(21)16-12(18)8-6-7-9-13(19)20/h11H,4-10H2,1-3H3,(H,19,20)(H2,15,16,18,21). The molecule has 0 aromatic carbocycles. The van der Waals surface area contributed by atoms with E-state index in [4.69, 9.17) is 5.11 Å². The zero-order chi connectivity index (χ0) is 16.3. The van der Waals surface area contributed by atoms with Crippen molar-refractivity contribution in [3.8, 4) is 0 Å². The molecule has 1 atom stereocenters. The number of likely N-dealkylation sites (N-methyl/N-ethyl adjacent to an activating group) is 1. The fraction of sp³-hybridized carbons (Fsp3) is 0.786. The van der Waals surface area contributed by atoms with E-state index in [0.29, 0.717) is 12.8 Å². The third-order valence-corrected chi connectivity index (χ3v) is 3.10. The average molecular weight is 301 g/mol. The number of nitrogens with one attached hydrogen (secondary N) is 2. The molecule has 0 saturated heterocycles. The number of carboxylic acid groups (broad SMARTS) is 1. The normalized spacial score (nSPS) is 12.0. The predicted octanol–water partition coefficient (Wildman–Crippen LogP) is 1.19. The molecule has 0 heterocycles. The molecule has 0 aliphatic rings. The maximum absolute atomic E-state index is 11.6. The van der Waals surface area contributed by atoms with Gasteiger partial charge in [-0.05, 0) is 32.9 Å². The molecule has 0 saturated carbocycles. The summed E-state index contributed by atoms with van der Waals surface area (Å²) in [6, 6.07) is -0.553. The third kappa shape index (κ3) is 10.8. The molecule has 0 rings (SSSR count). The number of hydrogen-bond acceptors (Lipinski definition) is 4. The molecule has 3 amide bonds. The highest BCUT2D eigenvalue weighted by Gasteiger charge is 2.12. The highest BCUT2D eigenvalue weighted by Crippen LogP contribution is 1.99. The number of imide groups is 1. The van der Waals surface area contributed by atoms with Crippen LogP contribution in [-0.2, 0) is 9.59 Å². The Bertz CT molecular complexity index is 343. The monoisotopic (exact) mass is 301 g/mol. The van der Waals surface area contributed by atoms with E-state index in [0.717, 1.165) is 19.6 Å². The van der Waals surface area contributed by atoms with Crippen molar-refractivity contribution in [3.05, 3.63) is 0 Å². The van der Waals surface area contributed by atoms with Crippen LogP contribution in [0.5, 0.6) is 0 Å².